The first-order chi connectivity index (χ1) is 9.11. The van der Waals surface area contributed by atoms with Crippen LogP contribution in [0.2, 0.25) is 0 Å². The largest absolute Gasteiger partial charge is 0.313 e. The van der Waals surface area contributed by atoms with Crippen LogP contribution in [0, 0.1) is 12.7 Å². The van der Waals surface area contributed by atoms with Gasteiger partial charge >= 0.3 is 0 Å². The Labute approximate surface area is 121 Å². The second-order valence-corrected chi connectivity index (χ2v) is 5.28. The first-order valence-electron chi connectivity index (χ1n) is 6.14. The molecule has 1 N–H and O–H groups in total. The molecule has 0 aliphatic carbocycles. The summed E-state index contributed by atoms with van der Waals surface area (Å²) in [4.78, 5) is 4.20. The number of pyridine rings is 1. The van der Waals surface area contributed by atoms with E-state index < -0.39 is 0 Å². The van der Waals surface area contributed by atoms with Gasteiger partial charge in [0.1, 0.15) is 5.82 Å². The van der Waals surface area contributed by atoms with Gasteiger partial charge in [-0.05, 0) is 65.6 Å². The Morgan fingerprint density at radius 1 is 1.37 bits per heavy atom. The zero-order valence-electron chi connectivity index (χ0n) is 11.0. The zero-order chi connectivity index (χ0) is 13.8. The summed E-state index contributed by atoms with van der Waals surface area (Å²) in [5, 5.41) is 3.27. The van der Waals surface area contributed by atoms with E-state index in [0.29, 0.717) is 4.47 Å². The van der Waals surface area contributed by atoms with Crippen LogP contribution in [0.5, 0.6) is 0 Å². The number of halogens is 2. The fraction of sp³-hybridized carbons (Fsp3) is 0.267. The van der Waals surface area contributed by atoms with Crippen LogP contribution in [-0.2, 0) is 6.42 Å². The fourth-order valence-corrected chi connectivity index (χ4v) is 2.52. The van der Waals surface area contributed by atoms with Crippen molar-refractivity contribution >= 4 is 15.9 Å². The van der Waals surface area contributed by atoms with Crippen LogP contribution >= 0.6 is 15.9 Å². The van der Waals surface area contributed by atoms with Gasteiger partial charge in [-0.2, -0.15) is 0 Å². The van der Waals surface area contributed by atoms with E-state index in [2.05, 4.69) is 26.2 Å². The van der Waals surface area contributed by atoms with Gasteiger partial charge in [-0.15, -0.1) is 0 Å². The van der Waals surface area contributed by atoms with Gasteiger partial charge in [0.05, 0.1) is 4.47 Å². The van der Waals surface area contributed by atoms with Gasteiger partial charge in [0.2, 0.25) is 0 Å². The second kappa shape index (κ2) is 6.26. The molecule has 0 aliphatic rings. The number of nitrogens with one attached hydrogen (secondary N) is 1. The van der Waals surface area contributed by atoms with Gasteiger partial charge < -0.3 is 5.32 Å². The number of aryl methyl sites for hydroxylation is 1. The average molecular weight is 323 g/mol. The van der Waals surface area contributed by atoms with E-state index in [0.717, 1.165) is 23.2 Å². The molecule has 0 saturated carbocycles. The molecule has 1 unspecified atom stereocenters. The van der Waals surface area contributed by atoms with Crippen molar-refractivity contribution in [1.29, 1.82) is 0 Å². The lowest BCUT2D eigenvalue weighted by Gasteiger charge is -2.18. The Kier molecular flexibility index (Phi) is 4.66. The van der Waals surface area contributed by atoms with Crippen molar-refractivity contribution < 1.29 is 4.39 Å². The van der Waals surface area contributed by atoms with Gasteiger partial charge in [0, 0.05) is 17.9 Å². The highest BCUT2D eigenvalue weighted by atomic mass is 79.9. The van der Waals surface area contributed by atoms with Crippen LogP contribution in [0.4, 0.5) is 4.39 Å². The van der Waals surface area contributed by atoms with E-state index in [9.17, 15) is 4.39 Å². The minimum atomic E-state index is -0.224. The van der Waals surface area contributed by atoms with E-state index in [4.69, 9.17) is 0 Å². The molecule has 2 nitrogen and oxygen atoms in total. The maximum Gasteiger partial charge on any atom is 0.137 e. The molecule has 1 aromatic carbocycles. The van der Waals surface area contributed by atoms with Gasteiger partial charge in [-0.3, -0.25) is 4.98 Å². The molecule has 2 rings (SSSR count). The van der Waals surface area contributed by atoms with Crippen molar-refractivity contribution in [3.63, 3.8) is 0 Å². The first-order valence-corrected chi connectivity index (χ1v) is 6.94. The maximum absolute atomic E-state index is 13.5. The molecule has 1 aromatic heterocycles. The average Bonchev–Trinajstić information content (AvgIpc) is 2.40. The molecule has 0 aliphatic heterocycles. The topological polar surface area (TPSA) is 24.9 Å². The summed E-state index contributed by atoms with van der Waals surface area (Å²) in [6, 6.07) is 9.31. The van der Waals surface area contributed by atoms with E-state index in [1.807, 2.05) is 32.2 Å². The monoisotopic (exact) mass is 322 g/mol. The minimum Gasteiger partial charge on any atom is -0.313 e. The molecule has 1 heterocycles. The van der Waals surface area contributed by atoms with Crippen molar-refractivity contribution in [1.82, 2.24) is 10.3 Å². The Hall–Kier alpha value is -1.26. The third-order valence-electron chi connectivity index (χ3n) is 3.13. The minimum absolute atomic E-state index is 0.139. The van der Waals surface area contributed by atoms with Crippen LogP contribution in [0.25, 0.3) is 0 Å². The fourth-order valence-electron chi connectivity index (χ4n) is 2.10. The van der Waals surface area contributed by atoms with Crippen LogP contribution < -0.4 is 5.32 Å². The summed E-state index contributed by atoms with van der Waals surface area (Å²) < 4.78 is 14.1. The summed E-state index contributed by atoms with van der Waals surface area (Å²) in [5.41, 5.74) is 3.09. The Balaban J connectivity index is 2.26. The van der Waals surface area contributed by atoms with Crippen LogP contribution in [0.3, 0.4) is 0 Å². The summed E-state index contributed by atoms with van der Waals surface area (Å²) in [6.07, 6.45) is 2.52. The predicted molar refractivity (Wildman–Crippen MR) is 78.6 cm³/mol. The molecule has 0 saturated heterocycles. The van der Waals surface area contributed by atoms with E-state index in [1.165, 1.54) is 6.07 Å². The summed E-state index contributed by atoms with van der Waals surface area (Å²) in [7, 11) is 1.91. The molecule has 0 radical (unpaired) electrons. The Morgan fingerprint density at radius 2 is 2.16 bits per heavy atom. The standard InChI is InChI=1S/C15H16BrFN2/c1-10-8-11(6-7-19-10)14(18-2)9-12-4-3-5-13(17)15(12)16/h3-8,14,18H,9H2,1-2H3. The summed E-state index contributed by atoms with van der Waals surface area (Å²) in [5.74, 6) is -0.224. The first kappa shape index (κ1) is 14.2. The van der Waals surface area contributed by atoms with Gasteiger partial charge in [-0.1, -0.05) is 12.1 Å². The van der Waals surface area contributed by atoms with E-state index in [-0.39, 0.29) is 11.9 Å². The van der Waals surface area contributed by atoms with Crippen molar-refractivity contribution in [3.8, 4) is 0 Å². The van der Waals surface area contributed by atoms with Gasteiger partial charge in [0.25, 0.3) is 0 Å². The SMILES string of the molecule is CNC(Cc1cccc(F)c1Br)c1ccnc(C)c1. The van der Waals surface area contributed by atoms with Crippen molar-refractivity contribution in [2.75, 3.05) is 7.05 Å². The third-order valence-corrected chi connectivity index (χ3v) is 4.02. The molecule has 4 heteroatoms. The lowest BCUT2D eigenvalue weighted by atomic mass is 9.99. The predicted octanol–water partition coefficient (Wildman–Crippen LogP) is 3.79. The third kappa shape index (κ3) is 3.39. The molecule has 0 amide bonds. The number of aromatic nitrogens is 1. The van der Waals surface area contributed by atoms with Gasteiger partial charge in [-0.25, -0.2) is 4.39 Å². The lowest BCUT2D eigenvalue weighted by molar-refractivity contribution is 0.579. The Bertz CT molecular complexity index is 572. The number of nitrogens with zero attached hydrogens (tertiary/aromatic N) is 1. The van der Waals surface area contributed by atoms with Crippen molar-refractivity contribution in [3.05, 3.63) is 63.6 Å². The molecular formula is C15H16BrFN2. The molecule has 0 bridgehead atoms. The smallest absolute Gasteiger partial charge is 0.137 e. The maximum atomic E-state index is 13.5. The molecule has 0 fully saturated rings. The second-order valence-electron chi connectivity index (χ2n) is 4.49. The van der Waals surface area contributed by atoms with E-state index in [1.54, 1.807) is 12.3 Å². The molecule has 19 heavy (non-hydrogen) atoms. The Morgan fingerprint density at radius 3 is 2.84 bits per heavy atom. The molecule has 0 spiro atoms. The molecule has 100 valence electrons. The lowest BCUT2D eigenvalue weighted by Crippen LogP contribution is -2.19. The van der Waals surface area contributed by atoms with Crippen LogP contribution in [-0.4, -0.2) is 12.0 Å². The highest BCUT2D eigenvalue weighted by Crippen LogP contribution is 2.26. The highest BCUT2D eigenvalue weighted by molar-refractivity contribution is 9.10. The van der Waals surface area contributed by atoms with Crippen LogP contribution in [0.15, 0.2) is 41.0 Å². The number of likely N-dealkylation sites (N-methyl/N-ethyl adjacent to an activating group) is 1. The number of hydrogen-bond donors (Lipinski definition) is 1. The molecular weight excluding hydrogens is 307 g/mol. The number of benzene rings is 1. The van der Waals surface area contributed by atoms with Crippen molar-refractivity contribution in [2.24, 2.45) is 0 Å². The highest BCUT2D eigenvalue weighted by Gasteiger charge is 2.13. The van der Waals surface area contributed by atoms with E-state index >= 15 is 0 Å². The molecule has 2 aromatic rings. The quantitative estimate of drug-likeness (QED) is 0.926. The summed E-state index contributed by atoms with van der Waals surface area (Å²) >= 11 is 3.31. The zero-order valence-corrected chi connectivity index (χ0v) is 12.5. The van der Waals surface area contributed by atoms with Crippen LogP contribution in [0.1, 0.15) is 22.9 Å². The molecule has 1 atom stereocenters. The normalized spacial score (nSPS) is 12.4. The number of rotatable bonds is 4. The summed E-state index contributed by atoms with van der Waals surface area (Å²) in [6.45, 7) is 1.97. The van der Waals surface area contributed by atoms with Gasteiger partial charge in [0.15, 0.2) is 0 Å². The van der Waals surface area contributed by atoms with Crippen molar-refractivity contribution in [2.45, 2.75) is 19.4 Å². The number of hydrogen-bond acceptors (Lipinski definition) is 2.